The first-order chi connectivity index (χ1) is 38.5. The van der Waals surface area contributed by atoms with Crippen molar-refractivity contribution in [2.75, 3.05) is 56.0 Å². The van der Waals surface area contributed by atoms with E-state index in [9.17, 15) is 0 Å². The van der Waals surface area contributed by atoms with E-state index in [1.54, 1.807) is 42.7 Å². The lowest BCUT2D eigenvalue weighted by molar-refractivity contribution is -0.603. The fourth-order valence-electron chi connectivity index (χ4n) is 10.4. The zero-order chi connectivity index (χ0) is 56.4. The zero-order valence-electron chi connectivity index (χ0n) is 49.0. The summed E-state index contributed by atoms with van der Waals surface area (Å²) in [5, 5.41) is 4.50. The number of benzene rings is 7. The molecular formula is C69H84N2O8+2. The molecule has 1 aliphatic carbocycles. The molecule has 4 N–H and O–H groups in total. The molecule has 0 radical (unpaired) electrons. The lowest BCUT2D eigenvalue weighted by Gasteiger charge is -2.22. The van der Waals surface area contributed by atoms with Gasteiger partial charge in [-0.3, -0.25) is 0 Å². The van der Waals surface area contributed by atoms with Crippen LogP contribution in [0.4, 0.5) is 11.4 Å². The number of ether oxygens (including phenoxy) is 8. The van der Waals surface area contributed by atoms with Gasteiger partial charge < -0.3 is 48.5 Å². The lowest BCUT2D eigenvalue weighted by Crippen LogP contribution is -2.83. The Morgan fingerprint density at radius 3 is 1.52 bits per heavy atom. The number of hydrogen-bond acceptors (Lipinski definition) is 8. The highest BCUT2D eigenvalue weighted by Crippen LogP contribution is 2.45. The van der Waals surface area contributed by atoms with Crippen LogP contribution in [0.3, 0.4) is 0 Å². The normalized spacial score (nSPS) is 13.2. The van der Waals surface area contributed by atoms with Crippen LogP contribution in [-0.4, -0.2) is 62.0 Å². The third kappa shape index (κ3) is 14.5. The number of quaternary nitrogens is 2. The molecule has 1 saturated carbocycles. The summed E-state index contributed by atoms with van der Waals surface area (Å²) >= 11 is 0. The van der Waals surface area contributed by atoms with E-state index in [0.29, 0.717) is 23.5 Å². The third-order valence-electron chi connectivity index (χ3n) is 14.5. The van der Waals surface area contributed by atoms with E-state index < -0.39 is 0 Å². The summed E-state index contributed by atoms with van der Waals surface area (Å²) in [5.41, 5.74) is 16.8. The lowest BCUT2D eigenvalue weighted by atomic mass is 9.83. The van der Waals surface area contributed by atoms with Crippen molar-refractivity contribution in [2.24, 2.45) is 0 Å². The van der Waals surface area contributed by atoms with Crippen LogP contribution in [-0.2, 0) is 0 Å². The van der Waals surface area contributed by atoms with Crippen LogP contribution >= 0.6 is 0 Å². The molecule has 10 heteroatoms. The molecule has 79 heavy (non-hydrogen) atoms. The van der Waals surface area contributed by atoms with Gasteiger partial charge in [0, 0.05) is 34.4 Å². The molecule has 1 heterocycles. The molecule has 0 saturated heterocycles. The number of nitrogens with two attached hydrogens (primary N) is 2. The molecular weight excluding hydrogens is 985 g/mol. The van der Waals surface area contributed by atoms with Gasteiger partial charge in [-0.05, 0) is 152 Å². The molecule has 0 aromatic heterocycles. The van der Waals surface area contributed by atoms with Gasteiger partial charge in [0.15, 0.2) is 46.0 Å². The molecule has 1 aliphatic heterocycles. The summed E-state index contributed by atoms with van der Waals surface area (Å²) in [6, 6.07) is 45.1. The monoisotopic (exact) mass is 1070 g/mol. The predicted octanol–water partition coefficient (Wildman–Crippen LogP) is 15.6. The van der Waals surface area contributed by atoms with E-state index in [1.165, 1.54) is 48.8 Å². The number of hydrogen-bond donors (Lipinski definition) is 2. The summed E-state index contributed by atoms with van der Waals surface area (Å²) < 4.78 is 45.8. The second-order valence-electron chi connectivity index (χ2n) is 20.1. The molecule has 1 fully saturated rings. The minimum absolute atomic E-state index is 0.255. The van der Waals surface area contributed by atoms with Gasteiger partial charge in [0.2, 0.25) is 6.79 Å². The van der Waals surface area contributed by atoms with E-state index in [-0.39, 0.29) is 6.79 Å². The first-order valence-electron chi connectivity index (χ1n) is 28.0. The number of methoxy groups -OCH3 is 6. The van der Waals surface area contributed by atoms with Crippen LogP contribution < -0.4 is 48.5 Å². The summed E-state index contributed by atoms with van der Waals surface area (Å²) in [6.45, 7) is 16.0. The van der Waals surface area contributed by atoms with Crippen LogP contribution in [0.15, 0.2) is 127 Å². The largest absolute Gasteiger partial charge is 0.493 e. The van der Waals surface area contributed by atoms with Crippen molar-refractivity contribution in [3.63, 3.8) is 0 Å². The zero-order valence-corrected chi connectivity index (χ0v) is 49.0. The molecule has 0 atom stereocenters. The second kappa shape index (κ2) is 28.8. The van der Waals surface area contributed by atoms with Crippen molar-refractivity contribution in [1.82, 2.24) is 0 Å². The van der Waals surface area contributed by atoms with Gasteiger partial charge in [-0.2, -0.15) is 0 Å². The van der Waals surface area contributed by atoms with Crippen molar-refractivity contribution < 1.29 is 48.5 Å². The number of allylic oxidation sites excluding steroid dienone is 2. The molecule has 0 spiro atoms. The molecule has 0 amide bonds. The predicted molar refractivity (Wildman–Crippen MR) is 325 cm³/mol. The highest BCUT2D eigenvalue weighted by Gasteiger charge is 2.23. The van der Waals surface area contributed by atoms with Gasteiger partial charge in [-0.25, -0.2) is 0 Å². The first kappa shape index (κ1) is 59.0. The Hall–Kier alpha value is -7.66. The summed E-state index contributed by atoms with van der Waals surface area (Å²) in [4.78, 5) is 0. The Kier molecular flexibility index (Phi) is 21.5. The van der Waals surface area contributed by atoms with Gasteiger partial charge in [0.05, 0.1) is 55.2 Å². The maximum absolute atomic E-state index is 5.86. The Labute approximate surface area is 470 Å². The van der Waals surface area contributed by atoms with Gasteiger partial charge in [-0.1, -0.05) is 119 Å². The van der Waals surface area contributed by atoms with Gasteiger partial charge in [-0.15, -0.1) is 0 Å². The fraction of sp³-hybridized carbons (Fsp3) is 0.333. The maximum atomic E-state index is 5.86. The average Bonchev–Trinajstić information content (AvgIpc) is 4.00. The quantitative estimate of drug-likeness (QED) is 0.0609. The van der Waals surface area contributed by atoms with Crippen molar-refractivity contribution in [3.8, 4) is 79.4 Å². The molecule has 0 unspecified atom stereocenters. The summed E-state index contributed by atoms with van der Waals surface area (Å²) in [7, 11) is 10.1. The van der Waals surface area contributed by atoms with E-state index in [0.717, 1.165) is 114 Å². The highest BCUT2D eigenvalue weighted by molar-refractivity contribution is 5.89. The SMILES string of the molecule is CC.CCC[NH2+]c1cc(OC)c(OC)cc1/C=C(\C)c1cc(OC)c(OC)c(-c2ccc(C3CCCCC3)cc2)c1.COc1cc(/C(C)=C/c2cc3c(cc2[NH2+]C(C)C)OCO3)cc(-c2ccc(-c3ccccc3)cc2)c1OC. The molecule has 10 nitrogen and oxygen atoms in total. The minimum Gasteiger partial charge on any atom is -0.493 e. The van der Waals surface area contributed by atoms with Crippen molar-refractivity contribution >= 4 is 34.7 Å². The van der Waals surface area contributed by atoms with Crippen LogP contribution in [0.2, 0.25) is 0 Å². The Bertz CT molecular complexity index is 3160. The minimum atomic E-state index is 0.255. The average molecular weight is 1070 g/mol. The van der Waals surface area contributed by atoms with Crippen LogP contribution in [0.1, 0.15) is 121 Å². The topological polar surface area (TPSA) is 107 Å². The molecule has 9 rings (SSSR count). The summed E-state index contributed by atoms with van der Waals surface area (Å²) in [6.07, 6.45) is 12.1. The van der Waals surface area contributed by atoms with Crippen molar-refractivity contribution in [1.29, 1.82) is 0 Å². The summed E-state index contributed by atoms with van der Waals surface area (Å²) in [5.74, 6) is 6.59. The molecule has 0 bridgehead atoms. The van der Waals surface area contributed by atoms with Crippen LogP contribution in [0.5, 0.6) is 46.0 Å². The number of fused-ring (bicyclic) bond motifs is 1. The third-order valence-corrected chi connectivity index (χ3v) is 14.5. The first-order valence-corrected chi connectivity index (χ1v) is 28.0. The molecule has 7 aromatic carbocycles. The van der Waals surface area contributed by atoms with Gasteiger partial charge in [0.1, 0.15) is 11.4 Å². The van der Waals surface area contributed by atoms with E-state index >= 15 is 0 Å². The smallest absolute Gasteiger partial charge is 0.231 e. The Morgan fingerprint density at radius 1 is 0.532 bits per heavy atom. The maximum Gasteiger partial charge on any atom is 0.231 e. The van der Waals surface area contributed by atoms with E-state index in [4.69, 9.17) is 37.9 Å². The molecule has 2 aliphatic rings. The molecule has 416 valence electrons. The molecule has 7 aromatic rings. The van der Waals surface area contributed by atoms with E-state index in [2.05, 4.69) is 173 Å². The van der Waals surface area contributed by atoms with Gasteiger partial charge >= 0.3 is 0 Å². The number of rotatable bonds is 19. The second-order valence-corrected chi connectivity index (χ2v) is 20.1. The van der Waals surface area contributed by atoms with Gasteiger partial charge in [0.25, 0.3) is 0 Å². The Balaban J connectivity index is 0.000000222. The highest BCUT2D eigenvalue weighted by atomic mass is 16.7. The van der Waals surface area contributed by atoms with E-state index in [1.807, 2.05) is 26.0 Å². The Morgan fingerprint density at radius 2 is 1.01 bits per heavy atom. The fourth-order valence-corrected chi connectivity index (χ4v) is 10.4. The van der Waals surface area contributed by atoms with Crippen molar-refractivity contribution in [3.05, 3.63) is 155 Å². The van der Waals surface area contributed by atoms with Crippen LogP contribution in [0, 0.1) is 0 Å². The standard InChI is InChI=1S/C34H43NO4.C33H33NO4.C2H6/c1-7-17-35-30-22-32(37-4)31(36-3)21-28(30)18-23(2)27-19-29(34(39-6)33(20-27)38-5)26-15-13-25(14-16-26)24-11-9-8-10-12-24;1-21(2)34-29-19-31-30(37-20-38-31)18-27(29)15-22(3)26-16-28(33(36-5)32(17-26)35-4)25-13-11-24(12-14-25)23-9-7-6-8-10-23;1-2/h13-16,18-22,24,35H,7-12,17H2,1-6H3;6-19,21,34H,20H2,1-5H3;1-2H3/p+2/b23-18+;22-15+;. The van der Waals surface area contributed by atoms with Crippen LogP contribution in [0.25, 0.3) is 56.7 Å². The van der Waals surface area contributed by atoms with Crippen molar-refractivity contribution in [2.45, 2.75) is 99.0 Å².